The average molecular weight is 215 g/mol. The summed E-state index contributed by atoms with van der Waals surface area (Å²) < 4.78 is 1.91. The van der Waals surface area contributed by atoms with Gasteiger partial charge in [0.15, 0.2) is 0 Å². The number of hydrogen-bond donors (Lipinski definition) is 1. The van der Waals surface area contributed by atoms with E-state index in [1.807, 2.05) is 22.9 Å². The Hall–Kier alpha value is -1.91. The highest BCUT2D eigenvalue weighted by atomic mass is 15.4. The highest BCUT2D eigenvalue weighted by Gasteiger charge is 2.18. The van der Waals surface area contributed by atoms with Crippen LogP contribution in [0.3, 0.4) is 0 Å². The molecule has 0 radical (unpaired) electrons. The van der Waals surface area contributed by atoms with Gasteiger partial charge < -0.3 is 5.32 Å². The molecule has 3 heterocycles. The van der Waals surface area contributed by atoms with E-state index in [9.17, 15) is 0 Å². The molecule has 5 nitrogen and oxygen atoms in total. The van der Waals surface area contributed by atoms with Crippen LogP contribution < -0.4 is 5.32 Å². The predicted molar refractivity (Wildman–Crippen MR) is 60.9 cm³/mol. The first-order valence-corrected chi connectivity index (χ1v) is 5.43. The second kappa shape index (κ2) is 3.59. The van der Waals surface area contributed by atoms with Crippen LogP contribution in [-0.4, -0.2) is 26.3 Å². The lowest BCUT2D eigenvalue weighted by molar-refractivity contribution is 0.444. The van der Waals surface area contributed by atoms with Crippen LogP contribution in [0.25, 0.3) is 11.5 Å². The summed E-state index contributed by atoms with van der Waals surface area (Å²) in [4.78, 5) is 8.68. The molecule has 0 saturated carbocycles. The van der Waals surface area contributed by atoms with Crippen molar-refractivity contribution in [2.24, 2.45) is 5.92 Å². The maximum Gasteiger partial charge on any atom is 0.221 e. The first kappa shape index (κ1) is 9.33. The molecular formula is C11H13N5. The smallest absolute Gasteiger partial charge is 0.221 e. The molecule has 0 fully saturated rings. The topological polar surface area (TPSA) is 55.6 Å². The lowest BCUT2D eigenvalue weighted by Gasteiger charge is -2.19. The zero-order valence-electron chi connectivity index (χ0n) is 9.09. The maximum atomic E-state index is 4.45. The van der Waals surface area contributed by atoms with E-state index < -0.39 is 0 Å². The van der Waals surface area contributed by atoms with Crippen LogP contribution in [0.4, 0.5) is 5.95 Å². The fraction of sp³-hybridized carbons (Fsp3) is 0.364. The van der Waals surface area contributed by atoms with Gasteiger partial charge in [-0.25, -0.2) is 4.68 Å². The fourth-order valence-corrected chi connectivity index (χ4v) is 1.83. The van der Waals surface area contributed by atoms with Gasteiger partial charge in [0.2, 0.25) is 11.8 Å². The second-order valence-electron chi connectivity index (χ2n) is 4.14. The van der Waals surface area contributed by atoms with Gasteiger partial charge in [0.05, 0.1) is 0 Å². The monoisotopic (exact) mass is 215 g/mol. The average Bonchev–Trinajstić information content (AvgIpc) is 2.73. The molecule has 0 aromatic carbocycles. The summed E-state index contributed by atoms with van der Waals surface area (Å²) in [5.41, 5.74) is 0.818. The van der Waals surface area contributed by atoms with Crippen molar-refractivity contribution in [1.82, 2.24) is 19.7 Å². The Morgan fingerprint density at radius 1 is 1.44 bits per heavy atom. The van der Waals surface area contributed by atoms with Crippen molar-refractivity contribution >= 4 is 5.95 Å². The second-order valence-corrected chi connectivity index (χ2v) is 4.14. The largest absolute Gasteiger partial charge is 0.354 e. The van der Waals surface area contributed by atoms with Crippen molar-refractivity contribution < 1.29 is 0 Å². The summed E-state index contributed by atoms with van der Waals surface area (Å²) in [6, 6.07) is 5.75. The lowest BCUT2D eigenvalue weighted by atomic mass is 10.1. The van der Waals surface area contributed by atoms with Gasteiger partial charge in [0.1, 0.15) is 5.69 Å². The molecular weight excluding hydrogens is 202 g/mol. The number of rotatable bonds is 1. The number of nitrogens with zero attached hydrogens (tertiary/aromatic N) is 4. The van der Waals surface area contributed by atoms with E-state index in [0.717, 1.165) is 24.7 Å². The molecule has 16 heavy (non-hydrogen) atoms. The lowest BCUT2D eigenvalue weighted by Crippen LogP contribution is -2.25. The third-order valence-corrected chi connectivity index (χ3v) is 2.66. The molecule has 1 N–H and O–H groups in total. The maximum absolute atomic E-state index is 4.45. The minimum Gasteiger partial charge on any atom is -0.354 e. The molecule has 82 valence electrons. The SMILES string of the molecule is CC1CNc2nc(-c3ccccn3)nn2C1. The van der Waals surface area contributed by atoms with Crippen molar-refractivity contribution in [2.45, 2.75) is 13.5 Å². The number of anilines is 1. The van der Waals surface area contributed by atoms with Gasteiger partial charge in [-0.1, -0.05) is 13.0 Å². The van der Waals surface area contributed by atoms with E-state index in [0.29, 0.717) is 11.7 Å². The van der Waals surface area contributed by atoms with Crippen LogP contribution in [0.5, 0.6) is 0 Å². The van der Waals surface area contributed by atoms with Crippen molar-refractivity contribution in [1.29, 1.82) is 0 Å². The van der Waals surface area contributed by atoms with E-state index >= 15 is 0 Å². The third-order valence-electron chi connectivity index (χ3n) is 2.66. The van der Waals surface area contributed by atoms with Crippen LogP contribution in [-0.2, 0) is 6.54 Å². The van der Waals surface area contributed by atoms with Crippen LogP contribution in [0.1, 0.15) is 6.92 Å². The molecule has 0 saturated heterocycles. The minimum absolute atomic E-state index is 0.589. The first-order chi connectivity index (χ1) is 7.83. The molecule has 0 aliphatic carbocycles. The molecule has 0 bridgehead atoms. The highest BCUT2D eigenvalue weighted by molar-refractivity contribution is 5.50. The summed E-state index contributed by atoms with van der Waals surface area (Å²) in [6.45, 7) is 4.07. The summed E-state index contributed by atoms with van der Waals surface area (Å²) in [7, 11) is 0. The Bertz CT molecular complexity index is 490. The van der Waals surface area contributed by atoms with Gasteiger partial charge in [-0.2, -0.15) is 4.98 Å². The molecule has 1 aliphatic heterocycles. The predicted octanol–water partition coefficient (Wildman–Crippen LogP) is 1.40. The van der Waals surface area contributed by atoms with Gasteiger partial charge in [-0.15, -0.1) is 5.10 Å². The zero-order chi connectivity index (χ0) is 11.0. The molecule has 1 unspecified atom stereocenters. The van der Waals surface area contributed by atoms with Gasteiger partial charge >= 0.3 is 0 Å². The summed E-state index contributed by atoms with van der Waals surface area (Å²) in [5, 5.41) is 7.72. The van der Waals surface area contributed by atoms with Crippen LogP contribution >= 0.6 is 0 Å². The van der Waals surface area contributed by atoms with Crippen LogP contribution in [0.15, 0.2) is 24.4 Å². The van der Waals surface area contributed by atoms with Crippen LogP contribution in [0, 0.1) is 5.92 Å². The molecule has 2 aromatic rings. The fourth-order valence-electron chi connectivity index (χ4n) is 1.83. The van der Waals surface area contributed by atoms with Gasteiger partial charge in [-0.05, 0) is 18.1 Å². The Labute approximate surface area is 93.5 Å². The normalized spacial score (nSPS) is 18.9. The Balaban J connectivity index is 1.99. The number of hydrogen-bond acceptors (Lipinski definition) is 4. The van der Waals surface area contributed by atoms with E-state index in [-0.39, 0.29) is 0 Å². The van der Waals surface area contributed by atoms with Crippen molar-refractivity contribution in [2.75, 3.05) is 11.9 Å². The number of fused-ring (bicyclic) bond motifs is 1. The molecule has 1 aliphatic rings. The summed E-state index contributed by atoms with van der Waals surface area (Å²) >= 11 is 0. The number of nitrogens with one attached hydrogen (secondary N) is 1. The first-order valence-electron chi connectivity index (χ1n) is 5.43. The van der Waals surface area contributed by atoms with Gasteiger partial charge in [0.25, 0.3) is 0 Å². The Morgan fingerprint density at radius 3 is 3.19 bits per heavy atom. The molecule has 3 rings (SSSR count). The Morgan fingerprint density at radius 2 is 2.38 bits per heavy atom. The van der Waals surface area contributed by atoms with Crippen molar-refractivity contribution in [3.63, 3.8) is 0 Å². The standard InChI is InChI=1S/C11H13N5/c1-8-6-13-11-14-10(15-16(11)7-8)9-4-2-3-5-12-9/h2-5,8H,6-7H2,1H3,(H,13,14,15). The quantitative estimate of drug-likeness (QED) is 0.781. The summed E-state index contributed by atoms with van der Waals surface area (Å²) in [6.07, 6.45) is 1.76. The highest BCUT2D eigenvalue weighted by Crippen LogP contribution is 2.19. The third kappa shape index (κ3) is 1.54. The number of aromatic nitrogens is 4. The van der Waals surface area contributed by atoms with E-state index in [1.54, 1.807) is 6.20 Å². The number of pyridine rings is 1. The minimum atomic E-state index is 0.589. The van der Waals surface area contributed by atoms with Gasteiger partial charge in [0, 0.05) is 19.3 Å². The molecule has 0 amide bonds. The zero-order valence-corrected chi connectivity index (χ0v) is 9.09. The van der Waals surface area contributed by atoms with Crippen molar-refractivity contribution in [3.05, 3.63) is 24.4 Å². The molecule has 1 atom stereocenters. The molecule has 2 aromatic heterocycles. The molecule has 0 spiro atoms. The van der Waals surface area contributed by atoms with E-state index in [4.69, 9.17) is 0 Å². The van der Waals surface area contributed by atoms with Crippen molar-refractivity contribution in [3.8, 4) is 11.5 Å². The van der Waals surface area contributed by atoms with E-state index in [1.165, 1.54) is 0 Å². The van der Waals surface area contributed by atoms with Gasteiger partial charge in [-0.3, -0.25) is 4.98 Å². The van der Waals surface area contributed by atoms with Crippen LogP contribution in [0.2, 0.25) is 0 Å². The van der Waals surface area contributed by atoms with E-state index in [2.05, 4.69) is 27.3 Å². The summed E-state index contributed by atoms with van der Waals surface area (Å²) in [5.74, 6) is 2.13. The molecule has 5 heteroatoms. The Kier molecular flexibility index (Phi) is 2.09.